The monoisotopic (exact) mass is 445 g/mol. The zero-order valence-corrected chi connectivity index (χ0v) is 20.9. The van der Waals surface area contributed by atoms with Crippen LogP contribution >= 0.6 is 0 Å². The van der Waals surface area contributed by atoms with E-state index in [2.05, 4.69) is 62.4 Å². The maximum absolute atomic E-state index is 5.80. The van der Waals surface area contributed by atoms with E-state index in [1.165, 1.54) is 109 Å². The molecule has 2 aromatic carbocycles. The Bertz CT molecular complexity index is 748. The van der Waals surface area contributed by atoms with E-state index in [1.54, 1.807) is 0 Å². The van der Waals surface area contributed by atoms with Gasteiger partial charge in [-0.3, -0.25) is 0 Å². The SMILES string of the molecule is CCCC1(c2ccc(O[B]Oc3ccc(C4(CCC)CCCCC4)cc3)cc2)CCCCC1. The smallest absolute Gasteiger partial charge is 0.526 e. The second-order valence-corrected chi connectivity index (χ2v) is 10.6. The minimum atomic E-state index is 0.376. The molecule has 0 spiro atoms. The van der Waals surface area contributed by atoms with E-state index < -0.39 is 0 Å². The van der Waals surface area contributed by atoms with Gasteiger partial charge in [0.25, 0.3) is 0 Å². The van der Waals surface area contributed by atoms with Crippen molar-refractivity contribution in [1.82, 2.24) is 0 Å². The predicted octanol–water partition coefficient (Wildman–Crippen LogP) is 8.68. The summed E-state index contributed by atoms with van der Waals surface area (Å²) in [4.78, 5) is 0. The third kappa shape index (κ3) is 5.79. The van der Waals surface area contributed by atoms with Gasteiger partial charge in [0.2, 0.25) is 0 Å². The van der Waals surface area contributed by atoms with Crippen LogP contribution in [0.1, 0.15) is 115 Å². The molecule has 2 saturated carbocycles. The summed E-state index contributed by atoms with van der Waals surface area (Å²) in [6.45, 7) is 4.62. The Labute approximate surface area is 202 Å². The summed E-state index contributed by atoms with van der Waals surface area (Å²) in [6, 6.07) is 17.5. The lowest BCUT2D eigenvalue weighted by Gasteiger charge is -2.38. The van der Waals surface area contributed by atoms with Crippen molar-refractivity contribution in [1.29, 1.82) is 0 Å². The van der Waals surface area contributed by atoms with Crippen molar-refractivity contribution in [3.8, 4) is 11.5 Å². The van der Waals surface area contributed by atoms with Crippen LogP contribution in [0.5, 0.6) is 11.5 Å². The first-order chi connectivity index (χ1) is 16.2. The lowest BCUT2D eigenvalue weighted by Crippen LogP contribution is -2.28. The van der Waals surface area contributed by atoms with E-state index in [0.29, 0.717) is 10.8 Å². The number of benzene rings is 2. The van der Waals surface area contributed by atoms with Gasteiger partial charge in [-0.2, -0.15) is 0 Å². The summed E-state index contributed by atoms with van der Waals surface area (Å²) >= 11 is 0. The van der Waals surface area contributed by atoms with Crippen LogP contribution in [0.2, 0.25) is 0 Å². The second-order valence-electron chi connectivity index (χ2n) is 10.6. The summed E-state index contributed by atoms with van der Waals surface area (Å²) in [7, 11) is 1.47. The largest absolute Gasteiger partial charge is 0.658 e. The maximum Gasteiger partial charge on any atom is 0.658 e. The molecule has 0 aromatic heterocycles. The summed E-state index contributed by atoms with van der Waals surface area (Å²) in [5, 5.41) is 0. The molecule has 3 heteroatoms. The van der Waals surface area contributed by atoms with Crippen LogP contribution in [-0.2, 0) is 10.8 Å². The lowest BCUT2D eigenvalue weighted by atomic mass is 9.67. The third-order valence-electron chi connectivity index (χ3n) is 8.38. The second kappa shape index (κ2) is 11.5. The molecule has 0 saturated heterocycles. The highest BCUT2D eigenvalue weighted by Gasteiger charge is 2.33. The van der Waals surface area contributed by atoms with Gasteiger partial charge in [0.1, 0.15) is 11.5 Å². The Morgan fingerprint density at radius 1 is 0.576 bits per heavy atom. The van der Waals surface area contributed by atoms with Crippen LogP contribution in [-0.4, -0.2) is 7.69 Å². The molecule has 2 aliphatic rings. The fraction of sp³-hybridized carbons (Fsp3) is 0.600. The standard InChI is InChI=1S/C30H42BO2/c1-3-19-29(21-7-5-8-22-29)25-11-15-27(16-12-25)32-31-33-28-17-13-26(14-18-28)30(20-4-2)23-9-6-10-24-30/h11-18H,3-10,19-24H2,1-2H3. The van der Waals surface area contributed by atoms with Gasteiger partial charge in [0.05, 0.1) is 0 Å². The van der Waals surface area contributed by atoms with Gasteiger partial charge in [0.15, 0.2) is 0 Å². The van der Waals surface area contributed by atoms with Crippen LogP contribution in [0, 0.1) is 0 Å². The summed E-state index contributed by atoms with van der Waals surface area (Å²) in [5.74, 6) is 1.67. The normalized spacial score (nSPS) is 19.6. The molecule has 2 fully saturated rings. The van der Waals surface area contributed by atoms with Gasteiger partial charge < -0.3 is 9.31 Å². The van der Waals surface area contributed by atoms with Crippen LogP contribution in [0.25, 0.3) is 0 Å². The molecular formula is C30H42BO2. The van der Waals surface area contributed by atoms with Crippen LogP contribution < -0.4 is 9.31 Å². The minimum absolute atomic E-state index is 0.376. The summed E-state index contributed by atoms with van der Waals surface area (Å²) < 4.78 is 11.6. The Morgan fingerprint density at radius 3 is 1.27 bits per heavy atom. The van der Waals surface area contributed by atoms with Crippen LogP contribution in [0.4, 0.5) is 0 Å². The molecule has 0 N–H and O–H groups in total. The quantitative estimate of drug-likeness (QED) is 0.341. The van der Waals surface area contributed by atoms with E-state index in [4.69, 9.17) is 9.31 Å². The highest BCUT2D eigenvalue weighted by molar-refractivity contribution is 6.20. The van der Waals surface area contributed by atoms with Crippen LogP contribution in [0.15, 0.2) is 48.5 Å². The first kappa shape index (κ1) is 24.2. The number of rotatable bonds is 10. The molecular weight excluding hydrogens is 403 g/mol. The molecule has 177 valence electrons. The fourth-order valence-electron chi connectivity index (χ4n) is 6.69. The zero-order valence-electron chi connectivity index (χ0n) is 20.9. The Morgan fingerprint density at radius 2 is 0.939 bits per heavy atom. The summed E-state index contributed by atoms with van der Waals surface area (Å²) in [6.07, 6.45) is 18.6. The molecule has 33 heavy (non-hydrogen) atoms. The first-order valence-electron chi connectivity index (χ1n) is 13.6. The predicted molar refractivity (Wildman–Crippen MR) is 139 cm³/mol. The molecule has 0 unspecified atom stereocenters. The molecule has 0 heterocycles. The lowest BCUT2D eigenvalue weighted by molar-refractivity contribution is 0.271. The topological polar surface area (TPSA) is 18.5 Å². The molecule has 2 aromatic rings. The maximum atomic E-state index is 5.80. The van der Waals surface area contributed by atoms with Crippen molar-refractivity contribution in [3.05, 3.63) is 59.7 Å². The average Bonchev–Trinajstić information content (AvgIpc) is 2.86. The first-order valence-corrected chi connectivity index (χ1v) is 13.6. The molecule has 0 aliphatic heterocycles. The third-order valence-corrected chi connectivity index (χ3v) is 8.38. The molecule has 1 radical (unpaired) electrons. The highest BCUT2D eigenvalue weighted by atomic mass is 16.6. The van der Waals surface area contributed by atoms with Crippen molar-refractivity contribution in [2.24, 2.45) is 0 Å². The van der Waals surface area contributed by atoms with Gasteiger partial charge in [-0.25, -0.2) is 0 Å². The summed E-state index contributed by atoms with van der Waals surface area (Å²) in [5.41, 5.74) is 3.72. The highest BCUT2D eigenvalue weighted by Crippen LogP contribution is 2.44. The van der Waals surface area contributed by atoms with E-state index in [0.717, 1.165) is 11.5 Å². The van der Waals surface area contributed by atoms with Gasteiger partial charge in [0, 0.05) is 0 Å². The van der Waals surface area contributed by atoms with Gasteiger partial charge in [-0.15, -0.1) is 0 Å². The van der Waals surface area contributed by atoms with Crippen LogP contribution in [0.3, 0.4) is 0 Å². The molecule has 0 bridgehead atoms. The Hall–Kier alpha value is -1.90. The zero-order chi connectivity index (χ0) is 23.0. The average molecular weight is 445 g/mol. The molecule has 2 aliphatic carbocycles. The molecule has 0 atom stereocenters. The number of hydrogen-bond acceptors (Lipinski definition) is 2. The molecule has 2 nitrogen and oxygen atoms in total. The van der Waals surface area contributed by atoms with E-state index >= 15 is 0 Å². The van der Waals surface area contributed by atoms with Crippen molar-refractivity contribution in [2.75, 3.05) is 0 Å². The van der Waals surface area contributed by atoms with Crippen molar-refractivity contribution in [2.45, 2.75) is 115 Å². The van der Waals surface area contributed by atoms with Gasteiger partial charge in [-0.05, 0) is 84.7 Å². The Balaban J connectivity index is 1.32. The van der Waals surface area contributed by atoms with E-state index in [-0.39, 0.29) is 0 Å². The van der Waals surface area contributed by atoms with E-state index in [1.807, 2.05) is 0 Å². The van der Waals surface area contributed by atoms with Gasteiger partial charge >= 0.3 is 7.69 Å². The minimum Gasteiger partial charge on any atom is -0.526 e. The number of hydrogen-bond donors (Lipinski definition) is 0. The van der Waals surface area contributed by atoms with Gasteiger partial charge in [-0.1, -0.05) is 89.5 Å². The van der Waals surface area contributed by atoms with Crippen molar-refractivity contribution >= 4 is 7.69 Å². The fourth-order valence-corrected chi connectivity index (χ4v) is 6.69. The van der Waals surface area contributed by atoms with E-state index in [9.17, 15) is 0 Å². The molecule has 0 amide bonds. The molecule has 4 rings (SSSR count). The van der Waals surface area contributed by atoms with Crippen molar-refractivity contribution < 1.29 is 9.31 Å². The Kier molecular flexibility index (Phi) is 8.44. The van der Waals surface area contributed by atoms with Crippen molar-refractivity contribution in [3.63, 3.8) is 0 Å².